The molecule has 1 saturated heterocycles. The monoisotopic (exact) mass is 260 g/mol. The van der Waals surface area contributed by atoms with E-state index in [0.717, 1.165) is 0 Å². The van der Waals surface area contributed by atoms with E-state index in [1.54, 1.807) is 0 Å². The number of hydrogen-bond donors (Lipinski definition) is 0. The van der Waals surface area contributed by atoms with Crippen molar-refractivity contribution in [3.05, 3.63) is 0 Å². The molecule has 1 unspecified atom stereocenters. The van der Waals surface area contributed by atoms with E-state index < -0.39 is 24.4 Å². The third kappa shape index (κ3) is 1.83. The summed E-state index contributed by atoms with van der Waals surface area (Å²) in [5.74, 6) is -5.22. The van der Waals surface area contributed by atoms with Crippen LogP contribution in [-0.4, -0.2) is 31.5 Å². The first-order valence-electron chi connectivity index (χ1n) is 3.42. The van der Waals surface area contributed by atoms with Crippen LogP contribution in [0.1, 0.15) is 0 Å². The number of rotatable bonds is 1. The predicted octanol–water partition coefficient (Wildman–Crippen LogP) is 2.01. The third-order valence-electron chi connectivity index (χ3n) is 1.51. The zero-order valence-electron chi connectivity index (χ0n) is 7.28. The summed E-state index contributed by atoms with van der Waals surface area (Å²) in [5.41, 5.74) is 0. The van der Waals surface area contributed by atoms with Crippen LogP contribution in [0.15, 0.2) is 0 Å². The molecule has 0 amide bonds. The second-order valence-corrected chi connectivity index (χ2v) is 2.57. The molecule has 4 nitrogen and oxygen atoms in total. The molecule has 0 aromatic carbocycles. The fourth-order valence-electron chi connectivity index (χ4n) is 0.761. The Hall–Kier alpha value is -0.650. The zero-order valence-corrected chi connectivity index (χ0v) is 7.28. The first kappa shape index (κ1) is 13.4. The Kier molecular flexibility index (Phi) is 2.87. The Morgan fingerprint density at radius 3 is 1.56 bits per heavy atom. The van der Waals surface area contributed by atoms with Gasteiger partial charge in [0.25, 0.3) is 0 Å². The molecule has 1 atom stereocenters. The van der Waals surface area contributed by atoms with Gasteiger partial charge in [0.15, 0.2) is 0 Å². The highest BCUT2D eigenvalue weighted by Crippen LogP contribution is 2.53. The highest BCUT2D eigenvalue weighted by molar-refractivity contribution is 4.88. The highest BCUT2D eigenvalue weighted by Gasteiger charge is 2.82. The van der Waals surface area contributed by atoms with Crippen molar-refractivity contribution in [1.82, 2.24) is 0 Å². The summed E-state index contributed by atoms with van der Waals surface area (Å²) < 4.78 is 92.1. The van der Waals surface area contributed by atoms with Gasteiger partial charge < -0.3 is 4.74 Å². The van der Waals surface area contributed by atoms with Crippen LogP contribution in [0, 0.1) is 0 Å². The maximum Gasteiger partial charge on any atom is 0.478 e. The van der Waals surface area contributed by atoms with Crippen LogP contribution in [0.4, 0.5) is 30.7 Å². The molecule has 1 aliphatic heterocycles. The van der Waals surface area contributed by atoms with E-state index in [-0.39, 0.29) is 0 Å². The van der Waals surface area contributed by atoms with Crippen molar-refractivity contribution in [3.63, 3.8) is 0 Å². The van der Waals surface area contributed by atoms with E-state index in [1.807, 2.05) is 0 Å². The van der Waals surface area contributed by atoms with Crippen LogP contribution in [-0.2, 0) is 19.2 Å². The Bertz CT molecular complexity index is 259. The molecule has 1 rings (SSSR count). The molecule has 0 saturated carbocycles. The maximum absolute atomic E-state index is 12.8. The molecule has 1 heterocycles. The topological polar surface area (TPSA) is 36.9 Å². The lowest BCUT2D eigenvalue weighted by atomic mass is 10.2. The number of hydrogen-bond acceptors (Lipinski definition) is 4. The Balaban J connectivity index is 3.13. The molecule has 0 aromatic rings. The molecule has 16 heavy (non-hydrogen) atoms. The van der Waals surface area contributed by atoms with E-state index in [9.17, 15) is 30.7 Å². The first-order chi connectivity index (χ1) is 6.97. The summed E-state index contributed by atoms with van der Waals surface area (Å²) in [7, 11) is 0.423. The van der Waals surface area contributed by atoms with Gasteiger partial charge in [-0.2, -0.15) is 31.2 Å². The minimum Gasteiger partial charge on any atom is -0.301 e. The fraction of sp³-hybridized carbons (Fsp3) is 1.00. The van der Waals surface area contributed by atoms with Crippen LogP contribution < -0.4 is 0 Å². The molecule has 1 fully saturated rings. The van der Waals surface area contributed by atoms with Crippen LogP contribution in [0.2, 0.25) is 0 Å². The quantitative estimate of drug-likeness (QED) is 0.534. The summed E-state index contributed by atoms with van der Waals surface area (Å²) in [6.07, 6.45) is -16.3. The van der Waals surface area contributed by atoms with E-state index in [4.69, 9.17) is 0 Å². The van der Waals surface area contributed by atoms with Gasteiger partial charge in [-0.25, -0.2) is 4.74 Å². The van der Waals surface area contributed by atoms with E-state index in [2.05, 4.69) is 19.2 Å². The number of halogens is 7. The first-order valence-corrected chi connectivity index (χ1v) is 3.42. The lowest BCUT2D eigenvalue weighted by Gasteiger charge is -2.28. The fourth-order valence-corrected chi connectivity index (χ4v) is 0.761. The van der Waals surface area contributed by atoms with Crippen LogP contribution >= 0.6 is 0 Å². The van der Waals surface area contributed by atoms with Crippen molar-refractivity contribution in [1.29, 1.82) is 0 Å². The number of alkyl halides is 7. The van der Waals surface area contributed by atoms with Gasteiger partial charge in [-0.1, -0.05) is 0 Å². The van der Waals surface area contributed by atoms with Crippen molar-refractivity contribution < 1.29 is 50.0 Å². The van der Waals surface area contributed by atoms with Gasteiger partial charge in [-0.05, 0) is 0 Å². The lowest BCUT2D eigenvalue weighted by Crippen LogP contribution is -2.58. The molecule has 0 aromatic heterocycles. The largest absolute Gasteiger partial charge is 0.478 e. The molecule has 0 spiro atoms. The normalized spacial score (nSPS) is 30.8. The van der Waals surface area contributed by atoms with E-state index in [1.165, 1.54) is 0 Å². The highest BCUT2D eigenvalue weighted by atomic mass is 19.4. The maximum atomic E-state index is 12.8. The molecule has 1 aliphatic rings. The van der Waals surface area contributed by atoms with Crippen LogP contribution in [0.25, 0.3) is 0 Å². The van der Waals surface area contributed by atoms with Crippen LogP contribution in [0.5, 0.6) is 0 Å². The van der Waals surface area contributed by atoms with Gasteiger partial charge in [-0.3, -0.25) is 0 Å². The summed E-state index contributed by atoms with van der Waals surface area (Å²) >= 11 is 0. The molecule has 0 N–H and O–H groups in total. The molecule has 96 valence electrons. The average Bonchev–Trinajstić information content (AvgIpc) is 2.44. The van der Waals surface area contributed by atoms with Crippen molar-refractivity contribution in [2.24, 2.45) is 0 Å². The summed E-state index contributed by atoms with van der Waals surface area (Å²) in [5, 5.41) is 0. The standard InChI is InChI=1S/C5H3F7O4/c1-13-5(12)14-2(15-16-5,3(6,7)8)4(9,10)11/h1H3. The van der Waals surface area contributed by atoms with Gasteiger partial charge in [0.05, 0.1) is 0 Å². The molecular weight excluding hydrogens is 257 g/mol. The molecule has 11 heteroatoms. The summed E-state index contributed by atoms with van der Waals surface area (Å²) in [6, 6.07) is 0. The summed E-state index contributed by atoms with van der Waals surface area (Å²) in [4.78, 5) is 6.01. The van der Waals surface area contributed by atoms with Gasteiger partial charge in [-0.15, -0.1) is 9.28 Å². The summed E-state index contributed by atoms with van der Waals surface area (Å²) in [6.45, 7) is 0. The van der Waals surface area contributed by atoms with Gasteiger partial charge in [0.2, 0.25) is 0 Å². The van der Waals surface area contributed by atoms with Gasteiger partial charge in [0, 0.05) is 7.11 Å². The second-order valence-electron chi connectivity index (χ2n) is 2.57. The predicted molar refractivity (Wildman–Crippen MR) is 28.9 cm³/mol. The van der Waals surface area contributed by atoms with Crippen molar-refractivity contribution in [2.75, 3.05) is 7.11 Å². The Morgan fingerprint density at radius 1 is 0.938 bits per heavy atom. The smallest absolute Gasteiger partial charge is 0.301 e. The minimum atomic E-state index is -6.10. The molecule has 0 bridgehead atoms. The van der Waals surface area contributed by atoms with E-state index in [0.29, 0.717) is 7.11 Å². The molecule has 0 aliphatic carbocycles. The van der Waals surface area contributed by atoms with Crippen molar-refractivity contribution >= 4 is 0 Å². The second kappa shape index (κ2) is 3.42. The van der Waals surface area contributed by atoms with Gasteiger partial charge in [0.1, 0.15) is 0 Å². The Labute approximate surface area is 82.7 Å². The molecule has 0 radical (unpaired) electrons. The lowest BCUT2D eigenvalue weighted by molar-refractivity contribution is -0.486. The number of ether oxygens (including phenoxy) is 2. The Morgan fingerprint density at radius 2 is 1.38 bits per heavy atom. The minimum absolute atomic E-state index is 0.423. The number of methoxy groups -OCH3 is 1. The zero-order chi connectivity index (χ0) is 12.8. The van der Waals surface area contributed by atoms with Gasteiger partial charge >= 0.3 is 24.4 Å². The van der Waals surface area contributed by atoms with Crippen LogP contribution in [0.3, 0.4) is 0 Å². The van der Waals surface area contributed by atoms with E-state index >= 15 is 0 Å². The van der Waals surface area contributed by atoms with Crippen molar-refractivity contribution in [3.8, 4) is 0 Å². The SMILES string of the molecule is COC1(F)OOC(C(F)(F)F)(C(F)(F)F)O1. The average molecular weight is 260 g/mol. The molecular formula is C5H3F7O4. The third-order valence-corrected chi connectivity index (χ3v) is 1.51. The van der Waals surface area contributed by atoms with Crippen molar-refractivity contribution in [2.45, 2.75) is 24.4 Å².